The highest BCUT2D eigenvalue weighted by atomic mass is 32.1. The fraction of sp³-hybridized carbons (Fsp3) is 0.462. The molecule has 3 nitrogen and oxygen atoms in total. The minimum absolute atomic E-state index is 0.152. The molecule has 1 aromatic heterocycles. The minimum Gasteiger partial charge on any atom is -0.399 e. The molecule has 0 spiro atoms. The normalized spacial score (nSPS) is 16.4. The van der Waals surface area contributed by atoms with Gasteiger partial charge in [0, 0.05) is 11.2 Å². The average Bonchev–Trinajstić information content (AvgIpc) is 3.01. The van der Waals surface area contributed by atoms with Crippen LogP contribution in [0.4, 0.5) is 10.8 Å². The molecule has 1 saturated carbocycles. The molecule has 1 fully saturated rings. The summed E-state index contributed by atoms with van der Waals surface area (Å²) >= 11 is 1.68. The van der Waals surface area contributed by atoms with Crippen molar-refractivity contribution in [2.45, 2.75) is 32.2 Å². The number of nitrogens with two attached hydrogens (primary N) is 1. The Morgan fingerprint density at radius 2 is 2.18 bits per heavy atom. The Hall–Kier alpha value is -1.29. The van der Waals surface area contributed by atoms with Gasteiger partial charge in [0.2, 0.25) is 0 Å². The van der Waals surface area contributed by atoms with E-state index in [-0.39, 0.29) is 5.54 Å². The zero-order valence-corrected chi connectivity index (χ0v) is 11.0. The second-order valence-electron chi connectivity index (χ2n) is 5.37. The lowest BCUT2D eigenvalue weighted by Gasteiger charge is -2.25. The van der Waals surface area contributed by atoms with Crippen LogP contribution in [0.3, 0.4) is 0 Å². The van der Waals surface area contributed by atoms with E-state index in [1.807, 2.05) is 18.2 Å². The highest BCUT2D eigenvalue weighted by molar-refractivity contribution is 7.22. The van der Waals surface area contributed by atoms with Crippen LogP contribution in [-0.4, -0.2) is 10.5 Å². The number of nitrogens with zero attached hydrogens (tertiary/aromatic N) is 1. The first-order valence-electron chi connectivity index (χ1n) is 5.99. The molecule has 0 aliphatic heterocycles. The van der Waals surface area contributed by atoms with Gasteiger partial charge < -0.3 is 11.1 Å². The van der Waals surface area contributed by atoms with Crippen LogP contribution in [-0.2, 0) is 0 Å². The SMILES string of the molecule is CC(C)(Nc1nc2ccc(N)cc2s1)C1CC1. The van der Waals surface area contributed by atoms with E-state index >= 15 is 0 Å². The Morgan fingerprint density at radius 3 is 2.88 bits per heavy atom. The number of benzene rings is 1. The molecule has 0 atom stereocenters. The summed E-state index contributed by atoms with van der Waals surface area (Å²) in [6.07, 6.45) is 2.66. The van der Waals surface area contributed by atoms with Gasteiger partial charge in [-0.2, -0.15) is 0 Å². The standard InChI is InChI=1S/C13H17N3S/c1-13(2,8-3-4-8)16-12-15-10-6-5-9(14)7-11(10)17-12/h5-8H,3-4,14H2,1-2H3,(H,15,16). The summed E-state index contributed by atoms with van der Waals surface area (Å²) in [7, 11) is 0. The van der Waals surface area contributed by atoms with Crippen molar-refractivity contribution in [3.63, 3.8) is 0 Å². The Morgan fingerprint density at radius 1 is 1.41 bits per heavy atom. The van der Waals surface area contributed by atoms with Crippen LogP contribution >= 0.6 is 11.3 Å². The maximum atomic E-state index is 5.78. The molecule has 2 aromatic rings. The summed E-state index contributed by atoms with van der Waals surface area (Å²) in [4.78, 5) is 4.60. The number of hydrogen-bond acceptors (Lipinski definition) is 4. The Labute approximate surface area is 105 Å². The van der Waals surface area contributed by atoms with Crippen LogP contribution in [0.5, 0.6) is 0 Å². The minimum atomic E-state index is 0.152. The van der Waals surface area contributed by atoms with Gasteiger partial charge in [-0.3, -0.25) is 0 Å². The molecule has 1 aromatic carbocycles. The van der Waals surface area contributed by atoms with Gasteiger partial charge in [0.1, 0.15) is 0 Å². The third-order valence-electron chi connectivity index (χ3n) is 3.44. The molecule has 0 saturated heterocycles. The maximum absolute atomic E-state index is 5.78. The van der Waals surface area contributed by atoms with Gasteiger partial charge in [0.15, 0.2) is 5.13 Å². The molecule has 3 N–H and O–H groups in total. The number of hydrogen-bond donors (Lipinski definition) is 2. The molecule has 17 heavy (non-hydrogen) atoms. The first kappa shape index (κ1) is 10.8. The zero-order valence-electron chi connectivity index (χ0n) is 10.2. The van der Waals surface area contributed by atoms with Crippen LogP contribution in [0.25, 0.3) is 10.2 Å². The fourth-order valence-electron chi connectivity index (χ4n) is 2.18. The van der Waals surface area contributed by atoms with E-state index < -0.39 is 0 Å². The monoisotopic (exact) mass is 247 g/mol. The van der Waals surface area contributed by atoms with Crippen LogP contribution in [0, 0.1) is 5.92 Å². The molecular weight excluding hydrogens is 230 g/mol. The lowest BCUT2D eigenvalue weighted by Crippen LogP contribution is -2.33. The van der Waals surface area contributed by atoms with Crippen molar-refractivity contribution in [1.82, 2.24) is 4.98 Å². The Kier molecular flexibility index (Phi) is 2.30. The molecule has 1 heterocycles. The van der Waals surface area contributed by atoms with Crippen LogP contribution < -0.4 is 11.1 Å². The first-order valence-corrected chi connectivity index (χ1v) is 6.80. The van der Waals surface area contributed by atoms with Crippen molar-refractivity contribution >= 4 is 32.4 Å². The van der Waals surface area contributed by atoms with Crippen LogP contribution in [0.15, 0.2) is 18.2 Å². The highest BCUT2D eigenvalue weighted by Crippen LogP contribution is 2.42. The second kappa shape index (κ2) is 3.60. The summed E-state index contributed by atoms with van der Waals surface area (Å²) < 4.78 is 1.15. The molecular formula is C13H17N3S. The van der Waals surface area contributed by atoms with Gasteiger partial charge in [-0.1, -0.05) is 11.3 Å². The van der Waals surface area contributed by atoms with Crippen molar-refractivity contribution in [3.8, 4) is 0 Å². The van der Waals surface area contributed by atoms with E-state index in [2.05, 4.69) is 24.1 Å². The van der Waals surface area contributed by atoms with E-state index in [0.29, 0.717) is 0 Å². The van der Waals surface area contributed by atoms with Gasteiger partial charge >= 0.3 is 0 Å². The summed E-state index contributed by atoms with van der Waals surface area (Å²) in [5, 5.41) is 4.56. The Balaban J connectivity index is 1.90. The number of nitrogen functional groups attached to an aromatic ring is 1. The lowest BCUT2D eigenvalue weighted by atomic mass is 9.99. The topological polar surface area (TPSA) is 50.9 Å². The molecule has 0 amide bonds. The lowest BCUT2D eigenvalue weighted by molar-refractivity contribution is 0.494. The first-order chi connectivity index (χ1) is 8.04. The van der Waals surface area contributed by atoms with Gasteiger partial charge in [-0.05, 0) is 50.8 Å². The fourth-order valence-corrected chi connectivity index (χ4v) is 3.26. The zero-order chi connectivity index (χ0) is 12.0. The van der Waals surface area contributed by atoms with Crippen molar-refractivity contribution in [2.24, 2.45) is 5.92 Å². The number of anilines is 2. The molecule has 0 radical (unpaired) electrons. The van der Waals surface area contributed by atoms with Gasteiger partial charge in [0.25, 0.3) is 0 Å². The molecule has 3 rings (SSSR count). The average molecular weight is 247 g/mol. The van der Waals surface area contributed by atoms with Crippen molar-refractivity contribution in [2.75, 3.05) is 11.1 Å². The van der Waals surface area contributed by atoms with Crippen molar-refractivity contribution in [3.05, 3.63) is 18.2 Å². The predicted molar refractivity (Wildman–Crippen MR) is 74.5 cm³/mol. The largest absolute Gasteiger partial charge is 0.399 e. The molecule has 4 heteroatoms. The number of nitrogens with one attached hydrogen (secondary N) is 1. The summed E-state index contributed by atoms with van der Waals surface area (Å²) in [6.45, 7) is 4.51. The van der Waals surface area contributed by atoms with Crippen molar-refractivity contribution < 1.29 is 0 Å². The van der Waals surface area contributed by atoms with E-state index in [1.165, 1.54) is 12.8 Å². The van der Waals surface area contributed by atoms with Crippen LogP contribution in [0.2, 0.25) is 0 Å². The maximum Gasteiger partial charge on any atom is 0.184 e. The summed E-state index contributed by atoms with van der Waals surface area (Å²) in [5.74, 6) is 0.791. The third-order valence-corrected chi connectivity index (χ3v) is 4.37. The molecule has 1 aliphatic rings. The van der Waals surface area contributed by atoms with Gasteiger partial charge in [-0.25, -0.2) is 4.98 Å². The van der Waals surface area contributed by atoms with E-state index in [9.17, 15) is 0 Å². The van der Waals surface area contributed by atoms with Gasteiger partial charge in [0.05, 0.1) is 10.2 Å². The van der Waals surface area contributed by atoms with Crippen molar-refractivity contribution in [1.29, 1.82) is 0 Å². The van der Waals surface area contributed by atoms with E-state index in [4.69, 9.17) is 5.73 Å². The number of aromatic nitrogens is 1. The third kappa shape index (κ3) is 2.09. The van der Waals surface area contributed by atoms with Gasteiger partial charge in [-0.15, -0.1) is 0 Å². The van der Waals surface area contributed by atoms with Crippen LogP contribution in [0.1, 0.15) is 26.7 Å². The van der Waals surface area contributed by atoms with E-state index in [0.717, 1.165) is 27.0 Å². The highest BCUT2D eigenvalue weighted by Gasteiger charge is 2.38. The smallest absolute Gasteiger partial charge is 0.184 e. The quantitative estimate of drug-likeness (QED) is 0.816. The van der Waals surface area contributed by atoms with E-state index in [1.54, 1.807) is 11.3 Å². The predicted octanol–water partition coefficient (Wildman–Crippen LogP) is 3.48. The number of thiazole rings is 1. The molecule has 90 valence electrons. The Bertz CT molecular complexity index is 555. The summed E-state index contributed by atoms with van der Waals surface area (Å²) in [5.41, 5.74) is 7.76. The summed E-state index contributed by atoms with van der Waals surface area (Å²) in [6, 6.07) is 5.87. The molecule has 0 unspecified atom stereocenters. The number of rotatable bonds is 3. The molecule has 1 aliphatic carbocycles. The second-order valence-corrected chi connectivity index (χ2v) is 6.40. The number of fused-ring (bicyclic) bond motifs is 1. The molecule has 0 bridgehead atoms.